The Morgan fingerprint density at radius 2 is 1.28 bits per heavy atom. The zero-order valence-electron chi connectivity index (χ0n) is 20.8. The van der Waals surface area contributed by atoms with Gasteiger partial charge in [-0.2, -0.15) is 5.48 Å². The van der Waals surface area contributed by atoms with Crippen molar-refractivity contribution in [1.82, 2.24) is 16.1 Å². The van der Waals surface area contributed by atoms with E-state index in [1.54, 1.807) is 20.8 Å². The van der Waals surface area contributed by atoms with Crippen molar-refractivity contribution in [2.45, 2.75) is 26.4 Å². The molecule has 0 fully saturated rings. The van der Waals surface area contributed by atoms with Crippen molar-refractivity contribution < 1.29 is 48.1 Å². The summed E-state index contributed by atoms with van der Waals surface area (Å²) in [5.41, 5.74) is 1.84. The first-order chi connectivity index (χ1) is 17.1. The van der Waals surface area contributed by atoms with Gasteiger partial charge in [-0.1, -0.05) is 0 Å². The van der Waals surface area contributed by atoms with Gasteiger partial charge in [0, 0.05) is 18.7 Å². The fourth-order valence-corrected chi connectivity index (χ4v) is 2.42. The lowest BCUT2D eigenvalue weighted by Crippen LogP contribution is -2.37. The van der Waals surface area contributed by atoms with Gasteiger partial charge >= 0.3 is 12.1 Å². The van der Waals surface area contributed by atoms with Crippen LogP contribution < -0.4 is 16.1 Å². The van der Waals surface area contributed by atoms with Gasteiger partial charge in [0.05, 0.1) is 45.2 Å². The Balaban J connectivity index is 1.89. The maximum atomic E-state index is 12.0. The molecule has 4 N–H and O–H groups in total. The third-order valence-corrected chi connectivity index (χ3v) is 4.00. The molecular formula is C23H35N3O10. The van der Waals surface area contributed by atoms with Crippen molar-refractivity contribution in [2.75, 3.05) is 59.3 Å². The molecule has 0 aliphatic carbocycles. The molecule has 13 nitrogen and oxygen atoms in total. The Hall–Kier alpha value is -3.26. The predicted molar refractivity (Wildman–Crippen MR) is 127 cm³/mol. The molecular weight excluding hydrogens is 478 g/mol. The van der Waals surface area contributed by atoms with E-state index >= 15 is 0 Å². The van der Waals surface area contributed by atoms with Crippen LogP contribution in [0.5, 0.6) is 0 Å². The van der Waals surface area contributed by atoms with Crippen LogP contribution in [0.2, 0.25) is 0 Å². The molecule has 0 saturated heterocycles. The van der Waals surface area contributed by atoms with Crippen molar-refractivity contribution in [2.24, 2.45) is 0 Å². The molecule has 3 amide bonds. The topological polar surface area (TPSA) is 171 Å². The lowest BCUT2D eigenvalue weighted by Gasteiger charge is -2.19. The number of hydrogen-bond donors (Lipinski definition) is 4. The fraction of sp³-hybridized carbons (Fsp3) is 0.565. The number of carbonyl (C=O) groups is 4. The van der Waals surface area contributed by atoms with Crippen molar-refractivity contribution in [3.8, 4) is 0 Å². The Labute approximate surface area is 209 Å². The van der Waals surface area contributed by atoms with Crippen LogP contribution in [-0.2, 0) is 28.6 Å². The first-order valence-corrected chi connectivity index (χ1v) is 11.3. The van der Waals surface area contributed by atoms with Crippen molar-refractivity contribution in [3.05, 3.63) is 35.4 Å². The highest BCUT2D eigenvalue weighted by Gasteiger charge is 2.16. The number of ether oxygens (including phenoxy) is 4. The van der Waals surface area contributed by atoms with Gasteiger partial charge in [0.25, 0.3) is 5.91 Å². The second-order valence-corrected chi connectivity index (χ2v) is 8.22. The highest BCUT2D eigenvalue weighted by molar-refractivity contribution is 5.95. The van der Waals surface area contributed by atoms with Crippen LogP contribution in [0.4, 0.5) is 4.79 Å². The van der Waals surface area contributed by atoms with Crippen LogP contribution in [0, 0.1) is 0 Å². The summed E-state index contributed by atoms with van der Waals surface area (Å²) in [6, 6.07) is 5.64. The second kappa shape index (κ2) is 17.2. The molecule has 0 spiro atoms. The molecule has 36 heavy (non-hydrogen) atoms. The molecule has 0 bridgehead atoms. The smallest absolute Gasteiger partial charge is 0.431 e. The van der Waals surface area contributed by atoms with E-state index in [1.165, 1.54) is 24.3 Å². The maximum absolute atomic E-state index is 12.0. The number of benzene rings is 1. The number of hydrogen-bond acceptors (Lipinski definition) is 9. The number of hydroxylamine groups is 1. The molecule has 0 atom stereocenters. The van der Waals surface area contributed by atoms with Gasteiger partial charge in [-0.3, -0.25) is 14.4 Å². The largest absolute Gasteiger partial charge is 0.478 e. The normalized spacial score (nSPS) is 11.0. The molecule has 0 unspecified atom stereocenters. The summed E-state index contributed by atoms with van der Waals surface area (Å²) in [5.74, 6) is -1.79. The highest BCUT2D eigenvalue weighted by Crippen LogP contribution is 2.06. The lowest BCUT2D eigenvalue weighted by atomic mass is 10.1. The quantitative estimate of drug-likeness (QED) is 0.172. The van der Waals surface area contributed by atoms with Crippen LogP contribution in [-0.4, -0.2) is 93.9 Å². The van der Waals surface area contributed by atoms with Gasteiger partial charge < -0.3 is 34.7 Å². The first kappa shape index (κ1) is 30.8. The summed E-state index contributed by atoms with van der Waals surface area (Å²) in [5, 5.41) is 14.1. The SMILES string of the molecule is CC(C)(C)OC(=O)NOCC(=O)NCCOCCOCCOCCNC(=O)c1ccc(C(=O)O)cc1. The number of aromatic carboxylic acids is 1. The molecule has 13 heteroatoms. The van der Waals surface area contributed by atoms with Gasteiger partial charge in [0.15, 0.2) is 6.61 Å². The van der Waals surface area contributed by atoms with E-state index in [4.69, 9.17) is 28.9 Å². The van der Waals surface area contributed by atoms with E-state index in [-0.39, 0.29) is 31.2 Å². The zero-order chi connectivity index (χ0) is 26.8. The van der Waals surface area contributed by atoms with Crippen LogP contribution in [0.1, 0.15) is 41.5 Å². The third-order valence-electron chi connectivity index (χ3n) is 4.00. The lowest BCUT2D eigenvalue weighted by molar-refractivity contribution is -0.128. The van der Waals surface area contributed by atoms with Gasteiger partial charge in [0.1, 0.15) is 5.60 Å². The average Bonchev–Trinajstić information content (AvgIpc) is 2.80. The number of carbonyl (C=O) groups excluding carboxylic acids is 3. The minimum Gasteiger partial charge on any atom is -0.478 e. The second-order valence-electron chi connectivity index (χ2n) is 8.22. The summed E-state index contributed by atoms with van der Waals surface area (Å²) in [6.07, 6.45) is -0.780. The van der Waals surface area contributed by atoms with E-state index in [2.05, 4.69) is 10.6 Å². The Morgan fingerprint density at radius 3 is 1.81 bits per heavy atom. The minimum atomic E-state index is -1.05. The molecule has 0 heterocycles. The summed E-state index contributed by atoms with van der Waals surface area (Å²) in [7, 11) is 0. The summed E-state index contributed by atoms with van der Waals surface area (Å²) >= 11 is 0. The molecule has 1 aromatic rings. The number of amides is 3. The van der Waals surface area contributed by atoms with Gasteiger partial charge in [-0.25, -0.2) is 9.59 Å². The number of carboxylic acid groups (broad SMARTS) is 1. The summed E-state index contributed by atoms with van der Waals surface area (Å²) in [4.78, 5) is 50.4. The average molecular weight is 514 g/mol. The summed E-state index contributed by atoms with van der Waals surface area (Å²) in [6.45, 7) is 7.31. The van der Waals surface area contributed by atoms with Crippen LogP contribution >= 0.6 is 0 Å². The number of nitrogens with one attached hydrogen (secondary N) is 3. The molecule has 0 aromatic heterocycles. The van der Waals surface area contributed by atoms with E-state index < -0.39 is 23.6 Å². The molecule has 0 aliphatic heterocycles. The molecule has 0 saturated carbocycles. The predicted octanol–water partition coefficient (Wildman–Crippen LogP) is 0.737. The molecule has 0 aliphatic rings. The van der Waals surface area contributed by atoms with Gasteiger partial charge in [-0.05, 0) is 45.0 Å². The highest BCUT2D eigenvalue weighted by atomic mass is 16.7. The fourth-order valence-electron chi connectivity index (χ4n) is 2.42. The minimum absolute atomic E-state index is 0.115. The molecule has 0 radical (unpaired) electrons. The standard InChI is InChI=1S/C23H35N3O10/c1-23(2,3)36-22(31)26-35-16-19(27)24-8-10-32-12-14-34-15-13-33-11-9-25-20(28)17-4-6-18(7-5-17)21(29)30/h4-7H,8-16H2,1-3H3,(H,24,27)(H,25,28)(H,26,31)(H,29,30). The van der Waals surface area contributed by atoms with E-state index in [0.717, 1.165) is 0 Å². The summed E-state index contributed by atoms with van der Waals surface area (Å²) < 4.78 is 21.0. The van der Waals surface area contributed by atoms with Crippen LogP contribution in [0.15, 0.2) is 24.3 Å². The van der Waals surface area contributed by atoms with Crippen molar-refractivity contribution in [1.29, 1.82) is 0 Å². The Kier molecular flexibility index (Phi) is 14.7. The number of rotatable bonds is 17. The van der Waals surface area contributed by atoms with E-state index in [9.17, 15) is 19.2 Å². The van der Waals surface area contributed by atoms with Crippen molar-refractivity contribution >= 4 is 23.9 Å². The third kappa shape index (κ3) is 15.6. The Bertz CT molecular complexity index is 824. The van der Waals surface area contributed by atoms with Crippen LogP contribution in [0.25, 0.3) is 0 Å². The van der Waals surface area contributed by atoms with Gasteiger partial charge in [-0.15, -0.1) is 0 Å². The molecule has 1 rings (SSSR count). The van der Waals surface area contributed by atoms with Gasteiger partial charge in [0.2, 0.25) is 5.91 Å². The zero-order valence-corrected chi connectivity index (χ0v) is 20.8. The molecule has 1 aromatic carbocycles. The maximum Gasteiger partial charge on any atom is 0.431 e. The monoisotopic (exact) mass is 513 g/mol. The number of carboxylic acids is 1. The van der Waals surface area contributed by atoms with E-state index in [1.807, 2.05) is 5.48 Å². The van der Waals surface area contributed by atoms with Crippen molar-refractivity contribution in [3.63, 3.8) is 0 Å². The Morgan fingerprint density at radius 1 is 0.778 bits per heavy atom. The first-order valence-electron chi connectivity index (χ1n) is 11.3. The molecule has 202 valence electrons. The van der Waals surface area contributed by atoms with Crippen LogP contribution in [0.3, 0.4) is 0 Å². The van der Waals surface area contributed by atoms with E-state index in [0.29, 0.717) is 45.1 Å².